The van der Waals surface area contributed by atoms with E-state index >= 15 is 0 Å². The fraction of sp³-hybridized carbons (Fsp3) is 0.545. The first-order valence-corrected chi connectivity index (χ1v) is 11.7. The van der Waals surface area contributed by atoms with Gasteiger partial charge in [0, 0.05) is 37.8 Å². The quantitative estimate of drug-likeness (QED) is 0.663. The molecule has 2 amide bonds. The lowest BCUT2D eigenvalue weighted by molar-refractivity contribution is -0.143. The molecule has 1 aromatic heterocycles. The summed E-state index contributed by atoms with van der Waals surface area (Å²) in [5.74, 6) is 1.39. The molecule has 1 aliphatic carbocycles. The molecule has 1 aliphatic heterocycles. The number of hydrogen-bond acceptors (Lipinski definition) is 5. The molecule has 2 aromatic rings. The molecule has 7 nitrogen and oxygen atoms in total. The van der Waals surface area contributed by atoms with Crippen molar-refractivity contribution >= 4 is 23.6 Å². The molecule has 160 valence electrons. The maximum Gasteiger partial charge on any atom is 0.233 e. The van der Waals surface area contributed by atoms with Gasteiger partial charge in [-0.15, -0.1) is 10.2 Å². The Morgan fingerprint density at radius 1 is 1.07 bits per heavy atom. The number of carbonyl (C=O) groups is 2. The van der Waals surface area contributed by atoms with Crippen LogP contribution in [0.1, 0.15) is 44.6 Å². The molecule has 0 unspecified atom stereocenters. The second kappa shape index (κ2) is 9.20. The van der Waals surface area contributed by atoms with Crippen molar-refractivity contribution in [2.75, 3.05) is 31.9 Å². The van der Waals surface area contributed by atoms with E-state index in [4.69, 9.17) is 0 Å². The minimum absolute atomic E-state index is 0.0837. The Kier molecular flexibility index (Phi) is 6.41. The predicted octanol–water partition coefficient (Wildman–Crippen LogP) is 2.95. The van der Waals surface area contributed by atoms with Crippen LogP contribution < -0.4 is 0 Å². The molecule has 0 N–H and O–H groups in total. The minimum atomic E-state index is 0.0837. The summed E-state index contributed by atoms with van der Waals surface area (Å²) in [5.41, 5.74) is 2.27. The predicted molar refractivity (Wildman–Crippen MR) is 117 cm³/mol. The number of rotatable bonds is 6. The third-order valence-corrected chi connectivity index (χ3v) is 7.01. The number of hydrogen-bond donors (Lipinski definition) is 0. The van der Waals surface area contributed by atoms with Crippen molar-refractivity contribution in [3.63, 3.8) is 0 Å². The van der Waals surface area contributed by atoms with Crippen molar-refractivity contribution in [2.45, 2.75) is 44.2 Å². The normalized spacial score (nSPS) is 17.3. The first-order chi connectivity index (χ1) is 14.5. The van der Waals surface area contributed by atoms with Gasteiger partial charge < -0.3 is 9.80 Å². The molecule has 8 heteroatoms. The lowest BCUT2D eigenvalue weighted by Gasteiger charge is -2.38. The smallest absolute Gasteiger partial charge is 0.233 e. The van der Waals surface area contributed by atoms with E-state index in [0.717, 1.165) is 18.5 Å². The van der Waals surface area contributed by atoms with Gasteiger partial charge in [-0.05, 0) is 36.5 Å². The van der Waals surface area contributed by atoms with Gasteiger partial charge in [0.2, 0.25) is 11.8 Å². The third kappa shape index (κ3) is 4.53. The van der Waals surface area contributed by atoms with E-state index < -0.39 is 0 Å². The van der Waals surface area contributed by atoms with Crippen LogP contribution in [0.2, 0.25) is 0 Å². The molecule has 0 radical (unpaired) electrons. The second-order valence-corrected chi connectivity index (χ2v) is 9.29. The van der Waals surface area contributed by atoms with Crippen molar-refractivity contribution in [2.24, 2.45) is 5.92 Å². The van der Waals surface area contributed by atoms with Gasteiger partial charge in [-0.2, -0.15) is 0 Å². The monoisotopic (exact) mass is 427 g/mol. The number of thioether (sulfide) groups is 1. The van der Waals surface area contributed by atoms with Crippen molar-refractivity contribution in [1.82, 2.24) is 24.6 Å². The summed E-state index contributed by atoms with van der Waals surface area (Å²) in [6.45, 7) is 6.85. The van der Waals surface area contributed by atoms with Gasteiger partial charge in [0.05, 0.1) is 5.75 Å². The van der Waals surface area contributed by atoms with Gasteiger partial charge in [-0.25, -0.2) is 0 Å². The minimum Gasteiger partial charge on any atom is -0.339 e. The van der Waals surface area contributed by atoms with Crippen molar-refractivity contribution < 1.29 is 9.59 Å². The zero-order valence-corrected chi connectivity index (χ0v) is 18.5. The van der Waals surface area contributed by atoms with Crippen LogP contribution >= 0.6 is 11.8 Å². The number of benzene rings is 1. The Bertz CT molecular complexity index is 883. The van der Waals surface area contributed by atoms with E-state index in [0.29, 0.717) is 43.0 Å². The SMILES string of the molecule is CC(C)c1ccc(-n2cnnc2SCC(=O)N2CCN(C(=O)C3CCC3)CC2)cc1. The zero-order valence-electron chi connectivity index (χ0n) is 17.7. The van der Waals surface area contributed by atoms with E-state index in [1.54, 1.807) is 6.33 Å². The lowest BCUT2D eigenvalue weighted by Crippen LogP contribution is -2.53. The number of aromatic nitrogens is 3. The topological polar surface area (TPSA) is 71.3 Å². The fourth-order valence-electron chi connectivity index (χ4n) is 3.83. The molecule has 0 bridgehead atoms. The van der Waals surface area contributed by atoms with Crippen LogP contribution in [0.25, 0.3) is 5.69 Å². The Balaban J connectivity index is 1.30. The highest BCUT2D eigenvalue weighted by atomic mass is 32.2. The number of piperazine rings is 1. The Labute approximate surface area is 181 Å². The molecular weight excluding hydrogens is 398 g/mol. The van der Waals surface area contributed by atoms with Gasteiger partial charge in [0.1, 0.15) is 6.33 Å². The Hall–Kier alpha value is -2.35. The molecule has 1 saturated heterocycles. The van der Waals surface area contributed by atoms with Gasteiger partial charge in [-0.1, -0.05) is 44.2 Å². The third-order valence-electron chi connectivity index (χ3n) is 6.08. The number of carbonyl (C=O) groups excluding carboxylic acids is 2. The van der Waals surface area contributed by atoms with Crippen LogP contribution in [0.15, 0.2) is 35.7 Å². The van der Waals surface area contributed by atoms with Crippen LogP contribution in [0.3, 0.4) is 0 Å². The number of nitrogens with zero attached hydrogens (tertiary/aromatic N) is 5. The highest BCUT2D eigenvalue weighted by Gasteiger charge is 2.32. The maximum atomic E-state index is 12.7. The molecule has 4 rings (SSSR count). The summed E-state index contributed by atoms with van der Waals surface area (Å²) in [7, 11) is 0. The van der Waals surface area contributed by atoms with Gasteiger partial charge in [0.15, 0.2) is 5.16 Å². The highest BCUT2D eigenvalue weighted by Crippen LogP contribution is 2.28. The van der Waals surface area contributed by atoms with Crippen molar-refractivity contribution in [3.8, 4) is 5.69 Å². The Morgan fingerprint density at radius 3 is 2.33 bits per heavy atom. The molecule has 1 aromatic carbocycles. The molecule has 0 atom stereocenters. The number of amides is 2. The fourth-order valence-corrected chi connectivity index (χ4v) is 4.66. The highest BCUT2D eigenvalue weighted by molar-refractivity contribution is 7.99. The molecule has 2 fully saturated rings. The van der Waals surface area contributed by atoms with Gasteiger partial charge in [0.25, 0.3) is 0 Å². The van der Waals surface area contributed by atoms with E-state index in [-0.39, 0.29) is 17.7 Å². The summed E-state index contributed by atoms with van der Waals surface area (Å²) < 4.78 is 1.91. The maximum absolute atomic E-state index is 12.7. The van der Waals surface area contributed by atoms with Crippen LogP contribution in [0.5, 0.6) is 0 Å². The van der Waals surface area contributed by atoms with Gasteiger partial charge >= 0.3 is 0 Å². The van der Waals surface area contributed by atoms with Crippen LogP contribution in [-0.2, 0) is 9.59 Å². The molecule has 2 aliphatic rings. The van der Waals surface area contributed by atoms with Crippen LogP contribution in [-0.4, -0.2) is 68.3 Å². The second-order valence-electron chi connectivity index (χ2n) is 8.35. The molecular formula is C22H29N5O2S. The average Bonchev–Trinajstić information content (AvgIpc) is 3.19. The summed E-state index contributed by atoms with van der Waals surface area (Å²) in [5, 5.41) is 8.93. The lowest BCUT2D eigenvalue weighted by atomic mass is 9.84. The van der Waals surface area contributed by atoms with Gasteiger partial charge in [-0.3, -0.25) is 14.2 Å². The van der Waals surface area contributed by atoms with E-state index in [2.05, 4.69) is 48.3 Å². The van der Waals surface area contributed by atoms with E-state index in [9.17, 15) is 9.59 Å². The molecule has 0 spiro atoms. The summed E-state index contributed by atoms with van der Waals surface area (Å²) >= 11 is 1.40. The first kappa shape index (κ1) is 20.9. The van der Waals surface area contributed by atoms with E-state index in [1.165, 1.54) is 23.7 Å². The zero-order chi connectivity index (χ0) is 21.1. The Morgan fingerprint density at radius 2 is 1.73 bits per heavy atom. The average molecular weight is 428 g/mol. The summed E-state index contributed by atoms with van der Waals surface area (Å²) in [4.78, 5) is 28.8. The van der Waals surface area contributed by atoms with Crippen molar-refractivity contribution in [3.05, 3.63) is 36.2 Å². The van der Waals surface area contributed by atoms with Crippen LogP contribution in [0, 0.1) is 5.92 Å². The van der Waals surface area contributed by atoms with Crippen LogP contribution in [0.4, 0.5) is 0 Å². The molecule has 1 saturated carbocycles. The largest absolute Gasteiger partial charge is 0.339 e. The van der Waals surface area contributed by atoms with Crippen molar-refractivity contribution in [1.29, 1.82) is 0 Å². The summed E-state index contributed by atoms with van der Waals surface area (Å²) in [6.07, 6.45) is 4.89. The molecule has 2 heterocycles. The summed E-state index contributed by atoms with van der Waals surface area (Å²) in [6, 6.07) is 8.35. The first-order valence-electron chi connectivity index (χ1n) is 10.7. The van der Waals surface area contributed by atoms with E-state index in [1.807, 2.05) is 14.4 Å². The molecule has 30 heavy (non-hydrogen) atoms. The standard InChI is InChI=1S/C22H29N5O2S/c1-16(2)17-6-8-19(9-7-17)27-15-23-24-22(27)30-14-20(28)25-10-12-26(13-11-25)21(29)18-4-3-5-18/h6-9,15-16,18H,3-5,10-14H2,1-2H3.